The van der Waals surface area contributed by atoms with Crippen LogP contribution in [0.5, 0.6) is 0 Å². The Labute approximate surface area is 150 Å². The summed E-state index contributed by atoms with van der Waals surface area (Å²) in [6.45, 7) is 0.262. The summed E-state index contributed by atoms with van der Waals surface area (Å²) in [5, 5.41) is 7.99. The van der Waals surface area contributed by atoms with Gasteiger partial charge in [-0.3, -0.25) is 10.1 Å². The summed E-state index contributed by atoms with van der Waals surface area (Å²) in [4.78, 5) is 16.4. The van der Waals surface area contributed by atoms with E-state index in [0.717, 1.165) is 5.56 Å². The lowest BCUT2D eigenvalue weighted by molar-refractivity contribution is -0.142. The molecule has 1 amide bonds. The van der Waals surface area contributed by atoms with E-state index in [1.807, 2.05) is 0 Å². The maximum atomic E-state index is 12.9. The number of nitrogens with one attached hydrogen (secondary N) is 2. The van der Waals surface area contributed by atoms with E-state index >= 15 is 0 Å². The fourth-order valence-corrected chi connectivity index (χ4v) is 2.16. The molecule has 2 heterocycles. The predicted molar refractivity (Wildman–Crippen MR) is 87.4 cm³/mol. The number of nitrogens with zero attached hydrogens (tertiary/aromatic N) is 2. The number of rotatable bonds is 5. The highest BCUT2D eigenvalue weighted by Gasteiger charge is 2.35. The molecule has 6 nitrogen and oxygen atoms in total. The molecule has 2 aromatic heterocycles. The van der Waals surface area contributed by atoms with Crippen LogP contribution < -0.4 is 10.6 Å². The van der Waals surface area contributed by atoms with Gasteiger partial charge in [0.1, 0.15) is 11.6 Å². The van der Waals surface area contributed by atoms with E-state index in [2.05, 4.69) is 25.3 Å². The molecule has 0 aliphatic carbocycles. The summed E-state index contributed by atoms with van der Waals surface area (Å²) in [6.07, 6.45) is -3.23. The third-order valence-electron chi connectivity index (χ3n) is 3.46. The number of alkyl halides is 3. The van der Waals surface area contributed by atoms with Gasteiger partial charge in [0.25, 0.3) is 5.91 Å². The van der Waals surface area contributed by atoms with Crippen molar-refractivity contribution in [3.05, 3.63) is 71.3 Å². The first-order valence-electron chi connectivity index (χ1n) is 7.61. The van der Waals surface area contributed by atoms with Crippen LogP contribution in [0.2, 0.25) is 0 Å². The van der Waals surface area contributed by atoms with Gasteiger partial charge in [-0.15, -0.1) is 0 Å². The number of aromatic nitrogens is 2. The lowest BCUT2D eigenvalue weighted by atomic mass is 10.2. The molecule has 0 radical (unpaired) electrons. The van der Waals surface area contributed by atoms with Gasteiger partial charge in [-0.25, -0.2) is 9.37 Å². The number of carbonyl (C=O) groups excluding carboxylic acids is 1. The number of pyridine rings is 1. The number of hydrogen-bond acceptors (Lipinski definition) is 5. The summed E-state index contributed by atoms with van der Waals surface area (Å²) in [7, 11) is 0. The first kappa shape index (κ1) is 18.4. The molecule has 0 saturated carbocycles. The van der Waals surface area contributed by atoms with Crippen molar-refractivity contribution in [1.82, 2.24) is 10.1 Å². The molecular weight excluding hydrogens is 368 g/mol. The Balaban J connectivity index is 1.71. The van der Waals surface area contributed by atoms with Crippen molar-refractivity contribution < 1.29 is 26.9 Å². The fourth-order valence-electron chi connectivity index (χ4n) is 2.16. The number of carbonyl (C=O) groups is 1. The van der Waals surface area contributed by atoms with E-state index in [1.165, 1.54) is 30.5 Å². The average Bonchev–Trinajstić information content (AvgIpc) is 3.10. The first-order valence-corrected chi connectivity index (χ1v) is 7.61. The van der Waals surface area contributed by atoms with E-state index in [1.54, 1.807) is 12.1 Å². The van der Waals surface area contributed by atoms with E-state index < -0.39 is 23.7 Å². The second kappa shape index (κ2) is 7.44. The highest BCUT2D eigenvalue weighted by molar-refractivity contribution is 6.06. The van der Waals surface area contributed by atoms with E-state index in [4.69, 9.17) is 0 Å². The number of hydrogen-bond donors (Lipinski definition) is 2. The third kappa shape index (κ3) is 4.60. The Morgan fingerprint density at radius 1 is 1.15 bits per heavy atom. The van der Waals surface area contributed by atoms with Crippen LogP contribution in [0.15, 0.2) is 53.2 Å². The molecule has 27 heavy (non-hydrogen) atoms. The van der Waals surface area contributed by atoms with Crippen LogP contribution >= 0.6 is 0 Å². The molecule has 3 rings (SSSR count). The highest BCUT2D eigenvalue weighted by atomic mass is 19.4. The van der Waals surface area contributed by atoms with E-state index in [-0.39, 0.29) is 23.7 Å². The Bertz CT molecular complexity index is 939. The molecule has 0 bridgehead atoms. The Morgan fingerprint density at radius 2 is 1.89 bits per heavy atom. The van der Waals surface area contributed by atoms with E-state index in [9.17, 15) is 22.4 Å². The average molecular weight is 380 g/mol. The van der Waals surface area contributed by atoms with Crippen LogP contribution in [-0.2, 0) is 12.7 Å². The standard InChI is InChI=1S/C17H12F4N4O2/c18-11-5-3-10(4-6-11)9-23-15-12(2-1-7-22-15)16(26)24-14-8-13(25-27-14)17(19,20)21/h1-8H,9H2,(H,22,23)(H,24,26). The van der Waals surface area contributed by atoms with Crippen LogP contribution in [-0.4, -0.2) is 16.0 Å². The molecule has 2 N–H and O–H groups in total. The third-order valence-corrected chi connectivity index (χ3v) is 3.46. The molecule has 0 aliphatic rings. The van der Waals surface area contributed by atoms with Gasteiger partial charge in [-0.05, 0) is 29.8 Å². The zero-order chi connectivity index (χ0) is 19.4. The first-order chi connectivity index (χ1) is 12.8. The number of benzene rings is 1. The zero-order valence-corrected chi connectivity index (χ0v) is 13.5. The van der Waals surface area contributed by atoms with Crippen molar-refractivity contribution in [2.45, 2.75) is 12.7 Å². The van der Waals surface area contributed by atoms with E-state index in [0.29, 0.717) is 6.07 Å². The van der Waals surface area contributed by atoms with Crippen molar-refractivity contribution >= 4 is 17.6 Å². The van der Waals surface area contributed by atoms with Crippen LogP contribution in [0, 0.1) is 5.82 Å². The van der Waals surface area contributed by atoms with Crippen molar-refractivity contribution in [2.24, 2.45) is 0 Å². The molecule has 10 heteroatoms. The molecule has 0 aliphatic heterocycles. The zero-order valence-electron chi connectivity index (χ0n) is 13.5. The Morgan fingerprint density at radius 3 is 2.56 bits per heavy atom. The Hall–Kier alpha value is -3.43. The Kier molecular flexibility index (Phi) is 5.06. The van der Waals surface area contributed by atoms with Gasteiger partial charge in [0.2, 0.25) is 5.88 Å². The van der Waals surface area contributed by atoms with Crippen LogP contribution in [0.4, 0.5) is 29.3 Å². The van der Waals surface area contributed by atoms with Crippen molar-refractivity contribution in [3.63, 3.8) is 0 Å². The van der Waals surface area contributed by atoms with Crippen molar-refractivity contribution in [2.75, 3.05) is 10.6 Å². The molecule has 0 spiro atoms. The molecule has 0 fully saturated rings. The largest absolute Gasteiger partial charge is 0.436 e. The summed E-state index contributed by atoms with van der Waals surface area (Å²) in [5.74, 6) is -1.34. The predicted octanol–water partition coefficient (Wildman–Crippen LogP) is 4.09. The second-order valence-corrected chi connectivity index (χ2v) is 5.41. The SMILES string of the molecule is O=C(Nc1cc(C(F)(F)F)no1)c1cccnc1NCc1ccc(F)cc1. The topological polar surface area (TPSA) is 80.1 Å². The summed E-state index contributed by atoms with van der Waals surface area (Å²) in [6, 6.07) is 9.25. The van der Waals surface area contributed by atoms with Gasteiger partial charge in [0.15, 0.2) is 5.69 Å². The van der Waals surface area contributed by atoms with Gasteiger partial charge >= 0.3 is 6.18 Å². The van der Waals surface area contributed by atoms with Gasteiger partial charge in [-0.1, -0.05) is 17.3 Å². The minimum atomic E-state index is -4.68. The summed E-state index contributed by atoms with van der Waals surface area (Å²) in [5.41, 5.74) is -0.415. The quantitative estimate of drug-likeness (QED) is 0.652. The number of amides is 1. The molecule has 3 aromatic rings. The van der Waals surface area contributed by atoms with Gasteiger partial charge in [0, 0.05) is 18.8 Å². The highest BCUT2D eigenvalue weighted by Crippen LogP contribution is 2.30. The van der Waals surface area contributed by atoms with Crippen LogP contribution in [0.25, 0.3) is 0 Å². The normalized spacial score (nSPS) is 11.3. The lowest BCUT2D eigenvalue weighted by Crippen LogP contribution is -2.15. The van der Waals surface area contributed by atoms with Gasteiger partial charge in [0.05, 0.1) is 5.56 Å². The fraction of sp³-hybridized carbons (Fsp3) is 0.118. The molecule has 0 saturated heterocycles. The molecule has 140 valence electrons. The minimum absolute atomic E-state index is 0.0876. The molecule has 0 unspecified atom stereocenters. The van der Waals surface area contributed by atoms with Gasteiger partial charge in [-0.2, -0.15) is 13.2 Å². The lowest BCUT2D eigenvalue weighted by Gasteiger charge is -2.10. The van der Waals surface area contributed by atoms with Crippen molar-refractivity contribution in [3.8, 4) is 0 Å². The molecular formula is C17H12F4N4O2. The van der Waals surface area contributed by atoms with Crippen molar-refractivity contribution in [1.29, 1.82) is 0 Å². The van der Waals surface area contributed by atoms with Crippen LogP contribution in [0.1, 0.15) is 21.6 Å². The van der Waals surface area contributed by atoms with Gasteiger partial charge < -0.3 is 9.84 Å². The smallest absolute Gasteiger partial charge is 0.365 e. The summed E-state index contributed by atoms with van der Waals surface area (Å²) >= 11 is 0. The second-order valence-electron chi connectivity index (χ2n) is 5.41. The number of halogens is 4. The maximum absolute atomic E-state index is 12.9. The number of anilines is 2. The minimum Gasteiger partial charge on any atom is -0.365 e. The van der Waals surface area contributed by atoms with Crippen LogP contribution in [0.3, 0.4) is 0 Å². The monoisotopic (exact) mass is 380 g/mol. The maximum Gasteiger partial charge on any atom is 0.436 e. The summed E-state index contributed by atoms with van der Waals surface area (Å²) < 4.78 is 55.0. The molecule has 0 atom stereocenters. The molecule has 1 aromatic carbocycles.